The maximum absolute atomic E-state index is 11.4. The SMILES string of the molecule is C[C@@H](O)CNC(=O)C1COCC1N. The first-order valence-electron chi connectivity index (χ1n) is 4.40. The molecular formula is C8H16N2O3. The lowest BCUT2D eigenvalue weighted by molar-refractivity contribution is -0.125. The second-order valence-corrected chi connectivity index (χ2v) is 3.40. The molecule has 0 saturated carbocycles. The highest BCUT2D eigenvalue weighted by molar-refractivity contribution is 5.79. The van der Waals surface area contributed by atoms with Crippen molar-refractivity contribution in [3.63, 3.8) is 0 Å². The molecule has 0 bridgehead atoms. The Morgan fingerprint density at radius 3 is 2.92 bits per heavy atom. The average molecular weight is 188 g/mol. The molecule has 76 valence electrons. The summed E-state index contributed by atoms with van der Waals surface area (Å²) in [6.07, 6.45) is -0.525. The van der Waals surface area contributed by atoms with Crippen molar-refractivity contribution in [2.24, 2.45) is 11.7 Å². The number of carbonyl (C=O) groups excluding carboxylic acids is 1. The Kier molecular flexibility index (Phi) is 3.65. The van der Waals surface area contributed by atoms with Crippen molar-refractivity contribution in [2.75, 3.05) is 19.8 Å². The standard InChI is InChI=1S/C8H16N2O3/c1-5(11)2-10-8(12)6-3-13-4-7(6)9/h5-7,11H,2-4,9H2,1H3,(H,10,12)/t5-,6?,7?/m1/s1. The zero-order chi connectivity index (χ0) is 9.84. The normalized spacial score (nSPS) is 30.1. The molecule has 0 radical (unpaired) electrons. The number of hydrogen-bond donors (Lipinski definition) is 3. The molecule has 0 aromatic rings. The van der Waals surface area contributed by atoms with Crippen LogP contribution < -0.4 is 11.1 Å². The van der Waals surface area contributed by atoms with E-state index in [0.29, 0.717) is 13.2 Å². The molecule has 4 N–H and O–H groups in total. The largest absolute Gasteiger partial charge is 0.392 e. The molecule has 1 fully saturated rings. The van der Waals surface area contributed by atoms with Crippen molar-refractivity contribution in [1.82, 2.24) is 5.32 Å². The van der Waals surface area contributed by atoms with Gasteiger partial charge in [0.2, 0.25) is 5.91 Å². The first-order chi connectivity index (χ1) is 6.11. The fourth-order valence-electron chi connectivity index (χ4n) is 1.22. The van der Waals surface area contributed by atoms with E-state index in [1.165, 1.54) is 0 Å². The Labute approximate surface area is 77.2 Å². The van der Waals surface area contributed by atoms with Crippen LogP contribution in [0.5, 0.6) is 0 Å². The van der Waals surface area contributed by atoms with Gasteiger partial charge >= 0.3 is 0 Å². The van der Waals surface area contributed by atoms with Gasteiger partial charge in [0.1, 0.15) is 0 Å². The minimum Gasteiger partial charge on any atom is -0.392 e. The Morgan fingerprint density at radius 2 is 2.46 bits per heavy atom. The van der Waals surface area contributed by atoms with Crippen LogP contribution in [0.1, 0.15) is 6.92 Å². The molecule has 3 atom stereocenters. The summed E-state index contributed by atoms with van der Waals surface area (Å²) >= 11 is 0. The van der Waals surface area contributed by atoms with Crippen LogP contribution in [0.25, 0.3) is 0 Å². The molecule has 1 rings (SSSR count). The summed E-state index contributed by atoms with van der Waals surface area (Å²) in [7, 11) is 0. The number of aliphatic hydroxyl groups excluding tert-OH is 1. The van der Waals surface area contributed by atoms with Crippen molar-refractivity contribution < 1.29 is 14.6 Å². The van der Waals surface area contributed by atoms with E-state index in [-0.39, 0.29) is 24.4 Å². The highest BCUT2D eigenvalue weighted by Gasteiger charge is 2.31. The maximum Gasteiger partial charge on any atom is 0.227 e. The fourth-order valence-corrected chi connectivity index (χ4v) is 1.22. The van der Waals surface area contributed by atoms with Gasteiger partial charge in [-0.2, -0.15) is 0 Å². The number of aliphatic hydroxyl groups is 1. The zero-order valence-corrected chi connectivity index (χ0v) is 7.69. The van der Waals surface area contributed by atoms with Gasteiger partial charge in [0, 0.05) is 12.6 Å². The minimum absolute atomic E-state index is 0.133. The maximum atomic E-state index is 11.4. The second kappa shape index (κ2) is 4.55. The Bertz CT molecular complexity index is 184. The highest BCUT2D eigenvalue weighted by atomic mass is 16.5. The summed E-state index contributed by atoms with van der Waals surface area (Å²) < 4.78 is 5.05. The van der Waals surface area contributed by atoms with Crippen LogP contribution in [-0.2, 0) is 9.53 Å². The van der Waals surface area contributed by atoms with Gasteiger partial charge in [-0.1, -0.05) is 0 Å². The van der Waals surface area contributed by atoms with Crippen LogP contribution in [0, 0.1) is 5.92 Å². The van der Waals surface area contributed by atoms with Gasteiger partial charge in [0.05, 0.1) is 25.2 Å². The summed E-state index contributed by atoms with van der Waals surface area (Å²) in [4.78, 5) is 11.4. The van der Waals surface area contributed by atoms with E-state index in [2.05, 4.69) is 5.32 Å². The Balaban J connectivity index is 2.30. The average Bonchev–Trinajstić information content (AvgIpc) is 2.47. The summed E-state index contributed by atoms with van der Waals surface area (Å²) in [6, 6.07) is -0.214. The van der Waals surface area contributed by atoms with E-state index in [0.717, 1.165) is 0 Å². The second-order valence-electron chi connectivity index (χ2n) is 3.40. The van der Waals surface area contributed by atoms with Gasteiger partial charge < -0.3 is 20.9 Å². The predicted molar refractivity (Wildman–Crippen MR) is 47.0 cm³/mol. The lowest BCUT2D eigenvalue weighted by Crippen LogP contribution is -2.42. The first-order valence-corrected chi connectivity index (χ1v) is 4.40. The molecule has 5 nitrogen and oxygen atoms in total. The number of amides is 1. The highest BCUT2D eigenvalue weighted by Crippen LogP contribution is 2.11. The van der Waals surface area contributed by atoms with E-state index < -0.39 is 6.10 Å². The van der Waals surface area contributed by atoms with E-state index in [1.54, 1.807) is 6.92 Å². The van der Waals surface area contributed by atoms with Crippen molar-refractivity contribution in [1.29, 1.82) is 0 Å². The van der Waals surface area contributed by atoms with Gasteiger partial charge in [0.25, 0.3) is 0 Å². The molecule has 1 amide bonds. The molecule has 5 heteroatoms. The van der Waals surface area contributed by atoms with Crippen LogP contribution in [0.3, 0.4) is 0 Å². The van der Waals surface area contributed by atoms with Crippen molar-refractivity contribution in [3.8, 4) is 0 Å². The predicted octanol–water partition coefficient (Wildman–Crippen LogP) is -1.54. The number of ether oxygens (including phenoxy) is 1. The summed E-state index contributed by atoms with van der Waals surface area (Å²) in [5.41, 5.74) is 5.64. The van der Waals surface area contributed by atoms with E-state index >= 15 is 0 Å². The van der Waals surface area contributed by atoms with Gasteiger partial charge in [-0.05, 0) is 6.92 Å². The molecule has 1 heterocycles. The summed E-state index contributed by atoms with van der Waals surface area (Å²) in [6.45, 7) is 2.70. The van der Waals surface area contributed by atoms with Crippen molar-refractivity contribution >= 4 is 5.91 Å². The van der Waals surface area contributed by atoms with E-state index in [1.807, 2.05) is 0 Å². The number of carbonyl (C=O) groups is 1. The number of rotatable bonds is 3. The van der Waals surface area contributed by atoms with Crippen LogP contribution in [0.2, 0.25) is 0 Å². The number of nitrogens with two attached hydrogens (primary N) is 1. The first kappa shape index (κ1) is 10.4. The molecule has 0 aliphatic carbocycles. The Morgan fingerprint density at radius 1 is 1.77 bits per heavy atom. The van der Waals surface area contributed by atoms with Crippen LogP contribution in [-0.4, -0.2) is 42.9 Å². The molecule has 1 aliphatic heterocycles. The lowest BCUT2D eigenvalue weighted by atomic mass is 10.0. The van der Waals surface area contributed by atoms with Crippen LogP contribution in [0.15, 0.2) is 0 Å². The third kappa shape index (κ3) is 2.95. The zero-order valence-electron chi connectivity index (χ0n) is 7.69. The molecular weight excluding hydrogens is 172 g/mol. The summed E-state index contributed by atoms with van der Waals surface area (Å²) in [5, 5.41) is 11.5. The van der Waals surface area contributed by atoms with Gasteiger partial charge in [-0.3, -0.25) is 4.79 Å². The smallest absolute Gasteiger partial charge is 0.227 e. The quantitative estimate of drug-likeness (QED) is 0.501. The lowest BCUT2D eigenvalue weighted by Gasteiger charge is -2.13. The molecule has 1 saturated heterocycles. The third-order valence-electron chi connectivity index (χ3n) is 2.03. The van der Waals surface area contributed by atoms with Crippen molar-refractivity contribution in [3.05, 3.63) is 0 Å². The molecule has 1 aliphatic rings. The van der Waals surface area contributed by atoms with Gasteiger partial charge in [-0.25, -0.2) is 0 Å². The van der Waals surface area contributed by atoms with Crippen LogP contribution in [0.4, 0.5) is 0 Å². The monoisotopic (exact) mass is 188 g/mol. The van der Waals surface area contributed by atoms with Gasteiger partial charge in [0.15, 0.2) is 0 Å². The molecule has 0 aromatic heterocycles. The van der Waals surface area contributed by atoms with Gasteiger partial charge in [-0.15, -0.1) is 0 Å². The summed E-state index contributed by atoms with van der Waals surface area (Å²) in [5.74, 6) is -0.398. The van der Waals surface area contributed by atoms with Crippen molar-refractivity contribution in [2.45, 2.75) is 19.1 Å². The topological polar surface area (TPSA) is 84.6 Å². The minimum atomic E-state index is -0.525. The number of nitrogens with one attached hydrogen (secondary N) is 1. The molecule has 0 spiro atoms. The molecule has 13 heavy (non-hydrogen) atoms. The number of hydrogen-bond acceptors (Lipinski definition) is 4. The van der Waals surface area contributed by atoms with E-state index in [4.69, 9.17) is 15.6 Å². The fraction of sp³-hybridized carbons (Fsp3) is 0.875. The molecule has 0 aromatic carbocycles. The van der Waals surface area contributed by atoms with E-state index in [9.17, 15) is 4.79 Å². The third-order valence-corrected chi connectivity index (χ3v) is 2.03. The Hall–Kier alpha value is -0.650. The molecule has 2 unspecified atom stereocenters. The van der Waals surface area contributed by atoms with Crippen LogP contribution >= 0.6 is 0 Å².